The minimum Gasteiger partial charge on any atom is -0.374 e. The number of benzene rings is 5. The number of rotatable bonds is 16. The standard InChI is InChI=1S/C43H42O6/c44-38(27-26-33-16-6-1-7-17-33)40-42(47-30-36-22-12-4-13-23-36)43(48-31-37-24-14-5-15-25-37)41(46-29-35-20-10-3-11-21-35)39(49-40)32-45-28-34-18-8-2-9-19-34/h1-27,39-43H,28-32H2/b27-26+/t39-,40+,41-,42+,43+/m1/s1. The highest BCUT2D eigenvalue weighted by Crippen LogP contribution is 2.32. The first-order valence-corrected chi connectivity index (χ1v) is 16.7. The Morgan fingerprint density at radius 3 is 1.41 bits per heavy atom. The minimum atomic E-state index is -0.966. The number of carbonyl (C=O) groups excluding carboxylic acids is 1. The summed E-state index contributed by atoms with van der Waals surface area (Å²) in [6.07, 6.45) is -0.259. The fraction of sp³-hybridized carbons (Fsp3) is 0.233. The van der Waals surface area contributed by atoms with Gasteiger partial charge in [-0.25, -0.2) is 0 Å². The maximum Gasteiger partial charge on any atom is 0.187 e. The Labute approximate surface area is 288 Å². The SMILES string of the molecule is O=C(/C=C/c1ccccc1)[C@@H]1O[C@H](COCc2ccccc2)[C@@H](OCc2ccccc2)[C@H](OCc2ccccc2)[C@H]1OCc1ccccc1. The van der Waals surface area contributed by atoms with Crippen molar-refractivity contribution in [2.75, 3.05) is 6.61 Å². The van der Waals surface area contributed by atoms with E-state index in [1.54, 1.807) is 12.2 Å². The highest BCUT2D eigenvalue weighted by molar-refractivity contribution is 5.97. The summed E-state index contributed by atoms with van der Waals surface area (Å²) in [6.45, 7) is 1.49. The Morgan fingerprint density at radius 2 is 0.918 bits per heavy atom. The van der Waals surface area contributed by atoms with E-state index in [1.165, 1.54) is 0 Å². The van der Waals surface area contributed by atoms with Crippen molar-refractivity contribution in [2.24, 2.45) is 0 Å². The van der Waals surface area contributed by atoms with E-state index in [9.17, 15) is 4.79 Å². The van der Waals surface area contributed by atoms with Crippen LogP contribution in [0.1, 0.15) is 27.8 Å². The molecule has 0 aromatic heterocycles. The molecule has 1 aliphatic heterocycles. The summed E-state index contributed by atoms with van der Waals surface area (Å²) in [5.74, 6) is -0.218. The second-order valence-electron chi connectivity index (χ2n) is 12.0. The first kappa shape index (κ1) is 34.2. The molecule has 1 aliphatic rings. The molecule has 1 heterocycles. The molecule has 0 aliphatic carbocycles. The van der Waals surface area contributed by atoms with Gasteiger partial charge in [-0.3, -0.25) is 4.79 Å². The fourth-order valence-electron chi connectivity index (χ4n) is 5.86. The van der Waals surface area contributed by atoms with Gasteiger partial charge in [0.05, 0.1) is 33.0 Å². The Kier molecular flexibility index (Phi) is 12.7. The Bertz CT molecular complexity index is 1700. The summed E-state index contributed by atoms with van der Waals surface area (Å²) >= 11 is 0. The molecule has 0 saturated carbocycles. The molecular formula is C43H42O6. The number of ketones is 1. The van der Waals surface area contributed by atoms with E-state index < -0.39 is 30.5 Å². The van der Waals surface area contributed by atoms with Gasteiger partial charge in [0, 0.05) is 0 Å². The largest absolute Gasteiger partial charge is 0.374 e. The van der Waals surface area contributed by atoms with E-state index in [4.69, 9.17) is 23.7 Å². The quantitative estimate of drug-likeness (QED) is 0.101. The first-order valence-electron chi connectivity index (χ1n) is 16.7. The summed E-state index contributed by atoms with van der Waals surface area (Å²) in [7, 11) is 0. The van der Waals surface area contributed by atoms with Gasteiger partial charge in [0.25, 0.3) is 0 Å². The number of ether oxygens (including phenoxy) is 5. The lowest BCUT2D eigenvalue weighted by molar-refractivity contribution is -0.266. The third-order valence-electron chi connectivity index (χ3n) is 8.40. The van der Waals surface area contributed by atoms with Crippen molar-refractivity contribution in [3.05, 3.63) is 186 Å². The molecule has 49 heavy (non-hydrogen) atoms. The fourth-order valence-corrected chi connectivity index (χ4v) is 5.86. The van der Waals surface area contributed by atoms with E-state index in [1.807, 2.05) is 152 Å². The summed E-state index contributed by atoms with van der Waals surface area (Å²) in [5, 5.41) is 0. The molecule has 5 aromatic rings. The van der Waals surface area contributed by atoms with Gasteiger partial charge in [-0.1, -0.05) is 158 Å². The average Bonchev–Trinajstić information content (AvgIpc) is 3.17. The monoisotopic (exact) mass is 654 g/mol. The van der Waals surface area contributed by atoms with Gasteiger partial charge in [-0.05, 0) is 33.9 Å². The van der Waals surface area contributed by atoms with Crippen LogP contribution in [-0.2, 0) is 54.9 Å². The third-order valence-corrected chi connectivity index (χ3v) is 8.40. The van der Waals surface area contributed by atoms with Crippen LogP contribution >= 0.6 is 0 Å². The van der Waals surface area contributed by atoms with Gasteiger partial charge in [0.2, 0.25) is 0 Å². The number of hydrogen-bond acceptors (Lipinski definition) is 6. The van der Waals surface area contributed by atoms with Gasteiger partial charge in [-0.2, -0.15) is 0 Å². The molecule has 0 N–H and O–H groups in total. The van der Waals surface area contributed by atoms with Crippen molar-refractivity contribution in [3.8, 4) is 0 Å². The minimum absolute atomic E-state index is 0.192. The molecule has 5 atom stereocenters. The van der Waals surface area contributed by atoms with Gasteiger partial charge >= 0.3 is 0 Å². The van der Waals surface area contributed by atoms with Gasteiger partial charge in [-0.15, -0.1) is 0 Å². The smallest absolute Gasteiger partial charge is 0.187 e. The zero-order valence-corrected chi connectivity index (χ0v) is 27.5. The maximum absolute atomic E-state index is 14.1. The highest BCUT2D eigenvalue weighted by atomic mass is 16.6. The van der Waals surface area contributed by atoms with Crippen LogP contribution in [0.5, 0.6) is 0 Å². The number of carbonyl (C=O) groups is 1. The van der Waals surface area contributed by atoms with Crippen molar-refractivity contribution in [1.29, 1.82) is 0 Å². The Balaban J connectivity index is 1.33. The molecule has 6 nitrogen and oxygen atoms in total. The van der Waals surface area contributed by atoms with Crippen LogP contribution in [0.4, 0.5) is 0 Å². The molecule has 1 fully saturated rings. The van der Waals surface area contributed by atoms with E-state index in [-0.39, 0.29) is 19.0 Å². The van der Waals surface area contributed by atoms with Crippen LogP contribution in [-0.4, -0.2) is 42.9 Å². The van der Waals surface area contributed by atoms with Crippen molar-refractivity contribution < 1.29 is 28.5 Å². The van der Waals surface area contributed by atoms with Crippen LogP contribution in [0, 0.1) is 0 Å². The first-order chi connectivity index (χ1) is 24.2. The molecular weight excluding hydrogens is 612 g/mol. The van der Waals surface area contributed by atoms with Gasteiger partial charge in [0.1, 0.15) is 30.5 Å². The molecule has 6 rings (SSSR count). The van der Waals surface area contributed by atoms with E-state index in [0.717, 1.165) is 27.8 Å². The summed E-state index contributed by atoms with van der Waals surface area (Å²) in [4.78, 5) is 14.1. The van der Waals surface area contributed by atoms with Crippen LogP contribution in [0.2, 0.25) is 0 Å². The molecule has 0 spiro atoms. The molecule has 250 valence electrons. The molecule has 0 radical (unpaired) electrons. The summed E-state index contributed by atoms with van der Waals surface area (Å²) in [6, 6.07) is 49.6. The molecule has 0 amide bonds. The average molecular weight is 655 g/mol. The second kappa shape index (κ2) is 18.2. The molecule has 0 unspecified atom stereocenters. The zero-order chi connectivity index (χ0) is 33.5. The predicted molar refractivity (Wildman–Crippen MR) is 190 cm³/mol. The Morgan fingerprint density at radius 1 is 0.510 bits per heavy atom. The lowest BCUT2D eigenvalue weighted by Crippen LogP contribution is -2.62. The van der Waals surface area contributed by atoms with Gasteiger partial charge in [0.15, 0.2) is 5.78 Å². The molecule has 0 bridgehead atoms. The van der Waals surface area contributed by atoms with E-state index in [0.29, 0.717) is 19.8 Å². The van der Waals surface area contributed by atoms with Crippen molar-refractivity contribution in [2.45, 2.75) is 56.9 Å². The van der Waals surface area contributed by atoms with E-state index in [2.05, 4.69) is 0 Å². The zero-order valence-electron chi connectivity index (χ0n) is 27.5. The second-order valence-corrected chi connectivity index (χ2v) is 12.0. The summed E-state index contributed by atoms with van der Waals surface area (Å²) in [5.41, 5.74) is 4.95. The summed E-state index contributed by atoms with van der Waals surface area (Å²) < 4.78 is 33.0. The van der Waals surface area contributed by atoms with Crippen LogP contribution in [0.25, 0.3) is 6.08 Å². The maximum atomic E-state index is 14.1. The predicted octanol–water partition coefficient (Wildman–Crippen LogP) is 8.01. The lowest BCUT2D eigenvalue weighted by Gasteiger charge is -2.45. The normalized spacial score (nSPS) is 20.7. The highest BCUT2D eigenvalue weighted by Gasteiger charge is 2.50. The van der Waals surface area contributed by atoms with Crippen molar-refractivity contribution >= 4 is 11.9 Å². The molecule has 5 aromatic carbocycles. The van der Waals surface area contributed by atoms with Crippen LogP contribution in [0.15, 0.2) is 158 Å². The van der Waals surface area contributed by atoms with Crippen molar-refractivity contribution in [1.82, 2.24) is 0 Å². The van der Waals surface area contributed by atoms with Crippen molar-refractivity contribution in [3.63, 3.8) is 0 Å². The van der Waals surface area contributed by atoms with E-state index >= 15 is 0 Å². The van der Waals surface area contributed by atoms with Crippen LogP contribution in [0.3, 0.4) is 0 Å². The Hall–Kier alpha value is -4.69. The molecule has 6 heteroatoms. The lowest BCUT2D eigenvalue weighted by atomic mass is 9.91. The van der Waals surface area contributed by atoms with Gasteiger partial charge < -0.3 is 23.7 Å². The third kappa shape index (κ3) is 10.2. The topological polar surface area (TPSA) is 63.2 Å². The van der Waals surface area contributed by atoms with Crippen LogP contribution < -0.4 is 0 Å². The molecule has 1 saturated heterocycles. The number of hydrogen-bond donors (Lipinski definition) is 0.